The molecule has 1 aliphatic heterocycles. The Morgan fingerprint density at radius 1 is 1.24 bits per heavy atom. The molecule has 0 aromatic heterocycles. The smallest absolute Gasteiger partial charge is 0.253 e. The van der Waals surface area contributed by atoms with Crippen molar-refractivity contribution in [1.82, 2.24) is 10.2 Å². The first-order valence-corrected chi connectivity index (χ1v) is 10.1. The van der Waals surface area contributed by atoms with E-state index in [2.05, 4.69) is 41.9 Å². The highest BCUT2D eigenvalue weighted by molar-refractivity contribution is 7.98. The van der Waals surface area contributed by atoms with Crippen molar-refractivity contribution in [3.05, 3.63) is 65.2 Å². The molecule has 1 fully saturated rings. The molecule has 132 valence electrons. The third kappa shape index (κ3) is 4.65. The Morgan fingerprint density at radius 2 is 2.04 bits per heavy atom. The number of nitrogens with one attached hydrogen (secondary N) is 1. The van der Waals surface area contributed by atoms with E-state index in [1.807, 2.05) is 25.2 Å². The van der Waals surface area contributed by atoms with Gasteiger partial charge in [0.25, 0.3) is 5.91 Å². The van der Waals surface area contributed by atoms with Crippen LogP contribution in [0.1, 0.15) is 40.2 Å². The molecule has 0 saturated carbocycles. The van der Waals surface area contributed by atoms with Gasteiger partial charge in [-0.05, 0) is 67.0 Å². The molecule has 0 aliphatic carbocycles. The lowest BCUT2D eigenvalue weighted by atomic mass is 9.91. The van der Waals surface area contributed by atoms with Gasteiger partial charge in [0.1, 0.15) is 0 Å². The van der Waals surface area contributed by atoms with Crippen LogP contribution in [0.4, 0.5) is 0 Å². The molecule has 25 heavy (non-hydrogen) atoms. The highest BCUT2D eigenvalue weighted by Gasteiger charge is 2.17. The quantitative estimate of drug-likeness (QED) is 0.819. The fourth-order valence-corrected chi connectivity index (χ4v) is 3.85. The van der Waals surface area contributed by atoms with Crippen LogP contribution >= 0.6 is 11.8 Å². The normalized spacial score (nSPS) is 17.3. The van der Waals surface area contributed by atoms with Crippen molar-refractivity contribution in [2.45, 2.75) is 30.2 Å². The molecule has 1 amide bonds. The lowest BCUT2D eigenvalue weighted by Crippen LogP contribution is -2.28. The molecule has 1 atom stereocenters. The number of hydrogen-bond acceptors (Lipinski definition) is 3. The van der Waals surface area contributed by atoms with Gasteiger partial charge in [0.05, 0.1) is 0 Å². The summed E-state index contributed by atoms with van der Waals surface area (Å²) in [6, 6.07) is 16.5. The minimum atomic E-state index is 0.0721. The maximum atomic E-state index is 12.7. The molecular formula is C21H26N2OS. The SMILES string of the molecule is CSc1cccc(CN(C)C(=O)c2ccc([C@H]3CCCNC3)cc2)c1. The van der Waals surface area contributed by atoms with Crippen LogP contribution in [0.3, 0.4) is 0 Å². The summed E-state index contributed by atoms with van der Waals surface area (Å²) in [4.78, 5) is 15.7. The molecule has 1 N–H and O–H groups in total. The molecule has 1 aliphatic rings. The second-order valence-electron chi connectivity index (χ2n) is 6.68. The average Bonchev–Trinajstić information content (AvgIpc) is 2.68. The van der Waals surface area contributed by atoms with Gasteiger partial charge in [0, 0.05) is 30.6 Å². The van der Waals surface area contributed by atoms with E-state index in [1.54, 1.807) is 16.7 Å². The fourth-order valence-electron chi connectivity index (χ4n) is 3.37. The zero-order chi connectivity index (χ0) is 17.6. The van der Waals surface area contributed by atoms with E-state index in [0.29, 0.717) is 12.5 Å². The lowest BCUT2D eigenvalue weighted by molar-refractivity contribution is 0.0785. The summed E-state index contributed by atoms with van der Waals surface area (Å²) in [5, 5.41) is 3.45. The number of carbonyl (C=O) groups is 1. The zero-order valence-electron chi connectivity index (χ0n) is 15.0. The van der Waals surface area contributed by atoms with E-state index >= 15 is 0 Å². The summed E-state index contributed by atoms with van der Waals surface area (Å²) in [5.41, 5.74) is 3.25. The molecule has 0 bridgehead atoms. The summed E-state index contributed by atoms with van der Waals surface area (Å²) >= 11 is 1.72. The van der Waals surface area contributed by atoms with E-state index in [-0.39, 0.29) is 5.91 Å². The van der Waals surface area contributed by atoms with Gasteiger partial charge in [0.2, 0.25) is 0 Å². The molecule has 3 rings (SSSR count). The van der Waals surface area contributed by atoms with Crippen LogP contribution in [0.15, 0.2) is 53.4 Å². The maximum absolute atomic E-state index is 12.7. The zero-order valence-corrected chi connectivity index (χ0v) is 15.8. The minimum absolute atomic E-state index is 0.0721. The number of rotatable bonds is 5. The number of nitrogens with zero attached hydrogens (tertiary/aromatic N) is 1. The molecule has 0 unspecified atom stereocenters. The summed E-state index contributed by atoms with van der Waals surface area (Å²) in [5.74, 6) is 0.646. The molecule has 2 aromatic carbocycles. The number of piperidine rings is 1. The molecule has 3 nitrogen and oxygen atoms in total. The predicted octanol–water partition coefficient (Wildman–Crippen LogP) is 4.15. The van der Waals surface area contributed by atoms with Crippen LogP contribution in [0.25, 0.3) is 0 Å². The Morgan fingerprint density at radius 3 is 2.72 bits per heavy atom. The van der Waals surface area contributed by atoms with Crippen molar-refractivity contribution in [3.63, 3.8) is 0 Å². The molecule has 0 spiro atoms. The second kappa shape index (κ2) is 8.54. The number of thioether (sulfide) groups is 1. The van der Waals surface area contributed by atoms with Crippen molar-refractivity contribution in [2.75, 3.05) is 26.4 Å². The summed E-state index contributed by atoms with van der Waals surface area (Å²) in [7, 11) is 1.87. The predicted molar refractivity (Wildman–Crippen MR) is 105 cm³/mol. The Balaban J connectivity index is 1.65. The average molecular weight is 355 g/mol. The third-order valence-electron chi connectivity index (χ3n) is 4.83. The number of benzene rings is 2. The monoisotopic (exact) mass is 354 g/mol. The van der Waals surface area contributed by atoms with Gasteiger partial charge in [-0.25, -0.2) is 0 Å². The van der Waals surface area contributed by atoms with Gasteiger partial charge in [-0.3, -0.25) is 4.79 Å². The van der Waals surface area contributed by atoms with Crippen LogP contribution in [0.2, 0.25) is 0 Å². The van der Waals surface area contributed by atoms with Gasteiger partial charge >= 0.3 is 0 Å². The van der Waals surface area contributed by atoms with E-state index in [0.717, 1.165) is 24.2 Å². The van der Waals surface area contributed by atoms with Gasteiger partial charge < -0.3 is 10.2 Å². The van der Waals surface area contributed by atoms with Crippen molar-refractivity contribution < 1.29 is 4.79 Å². The molecule has 4 heteroatoms. The van der Waals surface area contributed by atoms with E-state index < -0.39 is 0 Å². The van der Waals surface area contributed by atoms with Crippen LogP contribution in [0.5, 0.6) is 0 Å². The fraction of sp³-hybridized carbons (Fsp3) is 0.381. The van der Waals surface area contributed by atoms with E-state index in [1.165, 1.54) is 23.3 Å². The van der Waals surface area contributed by atoms with Gasteiger partial charge in [-0.1, -0.05) is 24.3 Å². The van der Waals surface area contributed by atoms with E-state index in [9.17, 15) is 4.79 Å². The van der Waals surface area contributed by atoms with Crippen molar-refractivity contribution in [1.29, 1.82) is 0 Å². The highest BCUT2D eigenvalue weighted by atomic mass is 32.2. The first kappa shape index (κ1) is 18.0. The number of amides is 1. The Bertz CT molecular complexity index is 708. The second-order valence-corrected chi connectivity index (χ2v) is 7.56. The first-order chi connectivity index (χ1) is 12.2. The van der Waals surface area contributed by atoms with Crippen molar-refractivity contribution in [3.8, 4) is 0 Å². The lowest BCUT2D eigenvalue weighted by Gasteiger charge is -2.23. The minimum Gasteiger partial charge on any atom is -0.337 e. The Hall–Kier alpha value is -1.78. The number of carbonyl (C=O) groups excluding carboxylic acids is 1. The molecule has 1 saturated heterocycles. The molecule has 1 heterocycles. The van der Waals surface area contributed by atoms with Crippen molar-refractivity contribution in [2.24, 2.45) is 0 Å². The van der Waals surface area contributed by atoms with Crippen LogP contribution in [-0.4, -0.2) is 37.2 Å². The number of hydrogen-bond donors (Lipinski definition) is 1. The van der Waals surface area contributed by atoms with E-state index in [4.69, 9.17) is 0 Å². The molecular weight excluding hydrogens is 328 g/mol. The van der Waals surface area contributed by atoms with Gasteiger partial charge in [0.15, 0.2) is 0 Å². The summed E-state index contributed by atoms with van der Waals surface area (Å²) in [6.45, 7) is 2.79. The van der Waals surface area contributed by atoms with Gasteiger partial charge in [-0.15, -0.1) is 11.8 Å². The van der Waals surface area contributed by atoms with Crippen molar-refractivity contribution >= 4 is 17.7 Å². The Kier molecular flexibility index (Phi) is 6.16. The summed E-state index contributed by atoms with van der Waals surface area (Å²) in [6.07, 6.45) is 4.52. The summed E-state index contributed by atoms with van der Waals surface area (Å²) < 4.78 is 0. The van der Waals surface area contributed by atoms with Crippen LogP contribution < -0.4 is 5.32 Å². The topological polar surface area (TPSA) is 32.3 Å². The molecule has 2 aromatic rings. The standard InChI is InChI=1S/C21H26N2OS/c1-23(15-16-5-3-7-20(13-16)25-2)21(24)18-10-8-17(9-11-18)19-6-4-12-22-14-19/h3,5,7-11,13,19,22H,4,6,12,14-15H2,1-2H3/t19-/m0/s1. The highest BCUT2D eigenvalue weighted by Crippen LogP contribution is 2.24. The Labute approximate surface area is 154 Å². The molecule has 0 radical (unpaired) electrons. The maximum Gasteiger partial charge on any atom is 0.253 e. The van der Waals surface area contributed by atoms with Crippen LogP contribution in [0, 0.1) is 0 Å². The third-order valence-corrected chi connectivity index (χ3v) is 5.55. The van der Waals surface area contributed by atoms with Crippen LogP contribution in [-0.2, 0) is 6.54 Å². The van der Waals surface area contributed by atoms with Gasteiger partial charge in [-0.2, -0.15) is 0 Å². The first-order valence-electron chi connectivity index (χ1n) is 8.86. The largest absolute Gasteiger partial charge is 0.337 e.